The van der Waals surface area contributed by atoms with E-state index in [2.05, 4.69) is 34.2 Å². The van der Waals surface area contributed by atoms with Gasteiger partial charge in [-0.25, -0.2) is 9.97 Å². The van der Waals surface area contributed by atoms with E-state index in [1.165, 1.54) is 37.7 Å². The molecular formula is C15H26N4. The molecule has 4 nitrogen and oxygen atoms in total. The number of aryl methyl sites for hydroxylation is 1. The molecular weight excluding hydrogens is 236 g/mol. The van der Waals surface area contributed by atoms with E-state index in [1.54, 1.807) is 0 Å². The number of aromatic nitrogens is 2. The van der Waals surface area contributed by atoms with E-state index in [-0.39, 0.29) is 0 Å². The Morgan fingerprint density at radius 2 is 2.05 bits per heavy atom. The largest absolute Gasteiger partial charge is 0.344 e. The second-order valence-corrected chi connectivity index (χ2v) is 5.70. The van der Waals surface area contributed by atoms with Crippen LogP contribution in [0.5, 0.6) is 0 Å². The highest BCUT2D eigenvalue weighted by atomic mass is 15.2. The summed E-state index contributed by atoms with van der Waals surface area (Å²) in [5, 5.41) is 3.15. The number of anilines is 1. The molecule has 19 heavy (non-hydrogen) atoms. The van der Waals surface area contributed by atoms with Crippen molar-refractivity contribution in [2.45, 2.75) is 45.6 Å². The Morgan fingerprint density at radius 1 is 1.32 bits per heavy atom. The van der Waals surface area contributed by atoms with Gasteiger partial charge in [0.2, 0.25) is 5.95 Å². The molecule has 0 aromatic carbocycles. The lowest BCUT2D eigenvalue weighted by Crippen LogP contribution is -2.28. The van der Waals surface area contributed by atoms with Gasteiger partial charge >= 0.3 is 0 Å². The summed E-state index contributed by atoms with van der Waals surface area (Å²) in [4.78, 5) is 11.3. The van der Waals surface area contributed by atoms with Crippen molar-refractivity contribution >= 4 is 5.95 Å². The Labute approximate surface area is 116 Å². The Kier molecular flexibility index (Phi) is 5.14. The van der Waals surface area contributed by atoms with Crippen molar-refractivity contribution in [3.05, 3.63) is 17.5 Å². The summed E-state index contributed by atoms with van der Waals surface area (Å²) in [5.41, 5.74) is 2.26. The first kappa shape index (κ1) is 14.3. The second-order valence-electron chi connectivity index (χ2n) is 5.70. The molecule has 0 saturated heterocycles. The van der Waals surface area contributed by atoms with Crippen LogP contribution in [0.2, 0.25) is 0 Å². The zero-order valence-electron chi connectivity index (χ0n) is 12.4. The van der Waals surface area contributed by atoms with E-state index in [1.807, 2.05) is 13.2 Å². The third kappa shape index (κ3) is 3.90. The highest BCUT2D eigenvalue weighted by Crippen LogP contribution is 2.25. The molecule has 0 atom stereocenters. The van der Waals surface area contributed by atoms with Gasteiger partial charge in [-0.2, -0.15) is 0 Å². The minimum atomic E-state index is 0.819. The Bertz CT molecular complexity index is 399. The quantitative estimate of drug-likeness (QED) is 0.885. The molecule has 0 aliphatic heterocycles. The van der Waals surface area contributed by atoms with Gasteiger partial charge in [0.1, 0.15) is 0 Å². The molecule has 0 unspecified atom stereocenters. The smallest absolute Gasteiger partial charge is 0.225 e. The zero-order valence-corrected chi connectivity index (χ0v) is 12.4. The lowest BCUT2D eigenvalue weighted by atomic mass is 9.89. The minimum absolute atomic E-state index is 0.819. The predicted octanol–water partition coefficient (Wildman–Crippen LogP) is 2.52. The maximum absolute atomic E-state index is 4.63. The number of hydrogen-bond donors (Lipinski definition) is 1. The first-order valence-corrected chi connectivity index (χ1v) is 7.39. The van der Waals surface area contributed by atoms with Crippen molar-refractivity contribution in [3.63, 3.8) is 0 Å². The molecule has 0 spiro atoms. The number of rotatable bonds is 5. The molecule has 1 fully saturated rings. The third-order valence-electron chi connectivity index (χ3n) is 4.03. The Morgan fingerprint density at radius 3 is 2.68 bits per heavy atom. The molecule has 0 amide bonds. The van der Waals surface area contributed by atoms with Crippen LogP contribution in [-0.4, -0.2) is 30.6 Å². The van der Waals surface area contributed by atoms with Crippen LogP contribution in [0.3, 0.4) is 0 Å². The van der Waals surface area contributed by atoms with Crippen LogP contribution in [-0.2, 0) is 6.54 Å². The highest BCUT2D eigenvalue weighted by molar-refractivity contribution is 5.31. The average molecular weight is 262 g/mol. The van der Waals surface area contributed by atoms with Crippen LogP contribution in [0.15, 0.2) is 6.20 Å². The summed E-state index contributed by atoms with van der Waals surface area (Å²) in [7, 11) is 4.06. The molecule has 1 saturated carbocycles. The maximum atomic E-state index is 4.63. The highest BCUT2D eigenvalue weighted by Gasteiger charge is 2.17. The van der Waals surface area contributed by atoms with Gasteiger partial charge in [0.25, 0.3) is 0 Å². The van der Waals surface area contributed by atoms with E-state index in [0.717, 1.165) is 30.6 Å². The van der Waals surface area contributed by atoms with Crippen LogP contribution in [0.25, 0.3) is 0 Å². The molecule has 1 aromatic rings. The third-order valence-corrected chi connectivity index (χ3v) is 4.03. The second kappa shape index (κ2) is 6.85. The lowest BCUT2D eigenvalue weighted by molar-refractivity contribution is 0.361. The van der Waals surface area contributed by atoms with Gasteiger partial charge in [-0.15, -0.1) is 0 Å². The minimum Gasteiger partial charge on any atom is -0.344 e. The summed E-state index contributed by atoms with van der Waals surface area (Å²) in [6.07, 6.45) is 8.86. The monoisotopic (exact) mass is 262 g/mol. The van der Waals surface area contributed by atoms with Gasteiger partial charge < -0.3 is 10.2 Å². The van der Waals surface area contributed by atoms with Gasteiger partial charge in [-0.1, -0.05) is 19.3 Å². The summed E-state index contributed by atoms with van der Waals surface area (Å²) < 4.78 is 0. The number of hydrogen-bond acceptors (Lipinski definition) is 4. The van der Waals surface area contributed by atoms with Gasteiger partial charge in [0.05, 0.1) is 0 Å². The van der Waals surface area contributed by atoms with E-state index in [9.17, 15) is 0 Å². The van der Waals surface area contributed by atoms with E-state index in [0.29, 0.717) is 0 Å². The first-order valence-electron chi connectivity index (χ1n) is 7.39. The average Bonchev–Trinajstić information content (AvgIpc) is 2.42. The van der Waals surface area contributed by atoms with Crippen molar-refractivity contribution in [1.82, 2.24) is 15.3 Å². The van der Waals surface area contributed by atoms with Crippen molar-refractivity contribution in [1.29, 1.82) is 0 Å². The van der Waals surface area contributed by atoms with Crippen LogP contribution in [0.1, 0.15) is 43.4 Å². The number of nitrogens with one attached hydrogen (secondary N) is 1. The SMILES string of the molecule is CNCc1cnc(N(C)CC2CCCCC2)nc1C. The maximum Gasteiger partial charge on any atom is 0.225 e. The fraction of sp³-hybridized carbons (Fsp3) is 0.733. The van der Waals surface area contributed by atoms with E-state index < -0.39 is 0 Å². The van der Waals surface area contributed by atoms with Crippen LogP contribution in [0, 0.1) is 12.8 Å². The zero-order chi connectivity index (χ0) is 13.7. The predicted molar refractivity (Wildman–Crippen MR) is 79.4 cm³/mol. The molecule has 1 aliphatic carbocycles. The molecule has 1 aromatic heterocycles. The molecule has 106 valence electrons. The molecule has 0 bridgehead atoms. The molecule has 2 rings (SSSR count). The fourth-order valence-corrected chi connectivity index (χ4v) is 2.87. The van der Waals surface area contributed by atoms with E-state index >= 15 is 0 Å². The molecule has 1 aliphatic rings. The van der Waals surface area contributed by atoms with Gasteiger partial charge in [-0.05, 0) is 32.7 Å². The number of nitrogens with zero attached hydrogens (tertiary/aromatic N) is 3. The van der Waals surface area contributed by atoms with Crippen molar-refractivity contribution in [3.8, 4) is 0 Å². The summed E-state index contributed by atoms with van der Waals surface area (Å²) >= 11 is 0. The topological polar surface area (TPSA) is 41.1 Å². The lowest BCUT2D eigenvalue weighted by Gasteiger charge is -2.27. The van der Waals surface area contributed by atoms with Gasteiger partial charge in [-0.3, -0.25) is 0 Å². The first-order chi connectivity index (χ1) is 9.20. The van der Waals surface area contributed by atoms with Crippen molar-refractivity contribution < 1.29 is 0 Å². The van der Waals surface area contributed by atoms with E-state index in [4.69, 9.17) is 0 Å². The van der Waals surface area contributed by atoms with Gasteiger partial charge in [0.15, 0.2) is 0 Å². The van der Waals surface area contributed by atoms with Gasteiger partial charge in [0, 0.05) is 37.6 Å². The van der Waals surface area contributed by atoms with Crippen molar-refractivity contribution in [2.75, 3.05) is 25.5 Å². The Hall–Kier alpha value is -1.16. The van der Waals surface area contributed by atoms with Crippen LogP contribution in [0.4, 0.5) is 5.95 Å². The Balaban J connectivity index is 1.98. The molecule has 1 N–H and O–H groups in total. The molecule has 4 heteroatoms. The molecule has 1 heterocycles. The summed E-state index contributed by atoms with van der Waals surface area (Å²) in [5.74, 6) is 1.68. The fourth-order valence-electron chi connectivity index (χ4n) is 2.87. The summed E-state index contributed by atoms with van der Waals surface area (Å²) in [6, 6.07) is 0. The summed E-state index contributed by atoms with van der Waals surface area (Å²) in [6.45, 7) is 3.98. The van der Waals surface area contributed by atoms with Crippen molar-refractivity contribution in [2.24, 2.45) is 5.92 Å². The normalized spacial score (nSPS) is 16.6. The standard InChI is InChI=1S/C15H26N4/c1-12-14(9-16-2)10-17-15(18-12)19(3)11-13-7-5-4-6-8-13/h10,13,16H,4-9,11H2,1-3H3. The van der Waals surface area contributed by atoms with Crippen LogP contribution >= 0.6 is 0 Å². The molecule has 0 radical (unpaired) electrons. The van der Waals surface area contributed by atoms with Crippen LogP contribution < -0.4 is 10.2 Å².